The first-order valence-corrected chi connectivity index (χ1v) is 16.7. The van der Waals surface area contributed by atoms with Crippen molar-refractivity contribution in [2.24, 2.45) is 0 Å². The summed E-state index contributed by atoms with van der Waals surface area (Å²) in [5.41, 5.74) is 3.97. The van der Waals surface area contributed by atoms with Crippen LogP contribution in [0.4, 0.5) is 5.13 Å². The molecular formula is C34H33N5O5S2. The number of nitrogens with zero attached hydrogens (tertiary/aromatic N) is 5. The summed E-state index contributed by atoms with van der Waals surface area (Å²) in [4.78, 5) is 33.7. The van der Waals surface area contributed by atoms with Gasteiger partial charge in [-0.05, 0) is 55.2 Å². The Morgan fingerprint density at radius 1 is 1.04 bits per heavy atom. The van der Waals surface area contributed by atoms with Gasteiger partial charge in [-0.25, -0.2) is 4.98 Å². The number of thioether (sulfide) groups is 1. The van der Waals surface area contributed by atoms with Gasteiger partial charge < -0.3 is 19.0 Å². The first-order valence-electron chi connectivity index (χ1n) is 14.9. The van der Waals surface area contributed by atoms with Gasteiger partial charge in [-0.2, -0.15) is 0 Å². The summed E-state index contributed by atoms with van der Waals surface area (Å²) in [6.45, 7) is 6.33. The zero-order valence-electron chi connectivity index (χ0n) is 25.9. The SMILES string of the molecule is CCCCOc1ccc(C2C(=C(O)c3nc4c(C)cccn4c3C)C(=O)C(=O)N2c2nnc(SCc3ccccc3)s2)cc1OC. The maximum atomic E-state index is 13.8. The minimum atomic E-state index is -1.02. The van der Waals surface area contributed by atoms with E-state index in [0.717, 1.165) is 24.0 Å². The highest BCUT2D eigenvalue weighted by Gasteiger charge is 2.49. The summed E-state index contributed by atoms with van der Waals surface area (Å²) in [5, 5.41) is 20.7. The molecule has 0 bridgehead atoms. The number of amides is 1. The number of imidazole rings is 1. The molecule has 1 atom stereocenters. The Morgan fingerprint density at radius 2 is 1.85 bits per heavy atom. The monoisotopic (exact) mass is 655 g/mol. The quantitative estimate of drug-likeness (QED) is 0.0404. The highest BCUT2D eigenvalue weighted by atomic mass is 32.2. The van der Waals surface area contributed by atoms with Crippen molar-refractivity contribution in [1.82, 2.24) is 19.6 Å². The Morgan fingerprint density at radius 3 is 2.59 bits per heavy atom. The van der Waals surface area contributed by atoms with E-state index >= 15 is 0 Å². The number of ether oxygens (including phenoxy) is 2. The van der Waals surface area contributed by atoms with Crippen molar-refractivity contribution in [1.29, 1.82) is 0 Å². The fourth-order valence-electron chi connectivity index (χ4n) is 5.40. The van der Waals surface area contributed by atoms with Gasteiger partial charge in [-0.3, -0.25) is 14.5 Å². The van der Waals surface area contributed by atoms with Crippen LogP contribution in [0.1, 0.15) is 53.9 Å². The molecule has 5 aromatic rings. The molecule has 12 heteroatoms. The fraction of sp³-hybridized carbons (Fsp3) is 0.265. The number of rotatable bonds is 11. The number of Topliss-reactive ketones (excluding diaryl/α,β-unsaturated/α-hetero) is 1. The molecule has 0 aliphatic carbocycles. The Hall–Kier alpha value is -4.68. The number of anilines is 1. The van der Waals surface area contributed by atoms with Gasteiger partial charge in [0.1, 0.15) is 11.3 Å². The first-order chi connectivity index (χ1) is 22.3. The summed E-state index contributed by atoms with van der Waals surface area (Å²) in [6.07, 6.45) is 3.70. The summed E-state index contributed by atoms with van der Waals surface area (Å²) in [5.74, 6) is -0.374. The highest BCUT2D eigenvalue weighted by Crippen LogP contribution is 2.46. The van der Waals surface area contributed by atoms with Gasteiger partial charge in [-0.15, -0.1) is 10.2 Å². The van der Waals surface area contributed by atoms with E-state index in [1.807, 2.05) is 66.9 Å². The van der Waals surface area contributed by atoms with Crippen molar-refractivity contribution in [3.8, 4) is 11.5 Å². The fourth-order valence-corrected chi connectivity index (χ4v) is 7.22. The summed E-state index contributed by atoms with van der Waals surface area (Å²) in [6, 6.07) is 18.0. The van der Waals surface area contributed by atoms with Crippen LogP contribution in [0.25, 0.3) is 11.4 Å². The van der Waals surface area contributed by atoms with Gasteiger partial charge in [0.25, 0.3) is 5.78 Å². The van der Waals surface area contributed by atoms with Crippen molar-refractivity contribution in [3.63, 3.8) is 0 Å². The molecule has 1 amide bonds. The largest absolute Gasteiger partial charge is 0.505 e. The Labute approximate surface area is 274 Å². The molecule has 1 unspecified atom stereocenters. The second-order valence-corrected chi connectivity index (χ2v) is 13.0. The third-order valence-corrected chi connectivity index (χ3v) is 9.95. The molecule has 10 nitrogen and oxygen atoms in total. The number of hydrogen-bond acceptors (Lipinski definition) is 10. The third-order valence-electron chi connectivity index (χ3n) is 7.82. The van der Waals surface area contributed by atoms with Gasteiger partial charge in [0.2, 0.25) is 5.13 Å². The summed E-state index contributed by atoms with van der Waals surface area (Å²) in [7, 11) is 1.53. The molecule has 0 spiro atoms. The van der Waals surface area contributed by atoms with Crippen LogP contribution in [-0.2, 0) is 15.3 Å². The van der Waals surface area contributed by atoms with Gasteiger partial charge in [-0.1, -0.05) is 78.9 Å². The van der Waals surface area contributed by atoms with Crippen molar-refractivity contribution < 1.29 is 24.2 Å². The van der Waals surface area contributed by atoms with Crippen LogP contribution in [0.2, 0.25) is 0 Å². The van der Waals surface area contributed by atoms with Gasteiger partial charge in [0.05, 0.1) is 31.0 Å². The second kappa shape index (κ2) is 13.4. The van der Waals surface area contributed by atoms with Crippen LogP contribution in [0.3, 0.4) is 0 Å². The molecule has 4 heterocycles. The standard InChI is InChI=1S/C34H33N5O5S2/c1-5-6-17-44-24-15-14-23(18-25(24)43-4)28-26(29(40)27-21(3)38-16-10-11-20(2)31(38)35-27)30(41)32(42)39(28)33-36-37-34(46-33)45-19-22-12-8-7-9-13-22/h7-16,18,28,40H,5-6,17,19H2,1-4H3. The zero-order chi connectivity index (χ0) is 32.4. The molecule has 236 valence electrons. The molecule has 3 aromatic heterocycles. The number of unbranched alkanes of at least 4 members (excludes halogenated alkanes) is 1. The van der Waals surface area contributed by atoms with Crippen molar-refractivity contribution in [3.05, 3.63) is 101 Å². The van der Waals surface area contributed by atoms with Crippen LogP contribution in [0.15, 0.2) is 76.8 Å². The van der Waals surface area contributed by atoms with E-state index in [0.29, 0.717) is 45.1 Å². The van der Waals surface area contributed by atoms with Crippen molar-refractivity contribution in [2.75, 3.05) is 18.6 Å². The van der Waals surface area contributed by atoms with E-state index in [2.05, 4.69) is 22.1 Å². The van der Waals surface area contributed by atoms with E-state index in [4.69, 9.17) is 9.47 Å². The minimum absolute atomic E-state index is 0.0930. The predicted molar refractivity (Wildman–Crippen MR) is 179 cm³/mol. The molecule has 0 radical (unpaired) electrons. The van der Waals surface area contributed by atoms with Crippen LogP contribution in [0.5, 0.6) is 11.5 Å². The lowest BCUT2D eigenvalue weighted by atomic mass is 9.96. The Balaban J connectivity index is 1.46. The number of pyridine rings is 1. The topological polar surface area (TPSA) is 119 Å². The van der Waals surface area contributed by atoms with Crippen LogP contribution in [-0.4, -0.2) is 50.1 Å². The highest BCUT2D eigenvalue weighted by molar-refractivity contribution is 8.00. The molecule has 1 aliphatic rings. The number of aliphatic hydroxyl groups is 1. The zero-order valence-corrected chi connectivity index (χ0v) is 27.5. The molecule has 1 fully saturated rings. The molecule has 2 aromatic carbocycles. The van der Waals surface area contributed by atoms with Crippen LogP contribution in [0, 0.1) is 13.8 Å². The maximum absolute atomic E-state index is 13.8. The van der Waals surface area contributed by atoms with Crippen LogP contribution >= 0.6 is 23.1 Å². The van der Waals surface area contributed by atoms with Crippen LogP contribution < -0.4 is 14.4 Å². The lowest BCUT2D eigenvalue weighted by Crippen LogP contribution is -2.29. The number of carbonyl (C=O) groups excluding carboxylic acids is 2. The van der Waals surface area contributed by atoms with Gasteiger partial charge in [0.15, 0.2) is 21.6 Å². The molecule has 1 saturated heterocycles. The number of aromatic nitrogens is 4. The van der Waals surface area contributed by atoms with Crippen molar-refractivity contribution >= 4 is 51.3 Å². The lowest BCUT2D eigenvalue weighted by Gasteiger charge is -2.23. The van der Waals surface area contributed by atoms with E-state index in [9.17, 15) is 14.7 Å². The minimum Gasteiger partial charge on any atom is -0.505 e. The average Bonchev–Trinajstić information content (AvgIpc) is 3.75. The molecular weight excluding hydrogens is 623 g/mol. The third kappa shape index (κ3) is 5.85. The van der Waals surface area contributed by atoms with E-state index in [1.165, 1.54) is 35.1 Å². The van der Waals surface area contributed by atoms with Gasteiger partial charge in [0, 0.05) is 11.9 Å². The number of aryl methyl sites for hydroxylation is 2. The van der Waals surface area contributed by atoms with E-state index in [1.54, 1.807) is 18.2 Å². The molecule has 1 aliphatic heterocycles. The maximum Gasteiger partial charge on any atom is 0.301 e. The molecule has 46 heavy (non-hydrogen) atoms. The number of carbonyl (C=O) groups is 2. The summed E-state index contributed by atoms with van der Waals surface area (Å²) >= 11 is 2.70. The Kier molecular flexibility index (Phi) is 9.09. The summed E-state index contributed by atoms with van der Waals surface area (Å²) < 4.78 is 14.1. The average molecular weight is 656 g/mol. The molecule has 0 saturated carbocycles. The lowest BCUT2D eigenvalue weighted by molar-refractivity contribution is -0.132. The number of aliphatic hydroxyl groups excluding tert-OH is 1. The number of fused-ring (bicyclic) bond motifs is 1. The first kappa shape index (κ1) is 31.3. The molecule has 1 N–H and O–H groups in total. The predicted octanol–water partition coefficient (Wildman–Crippen LogP) is 6.91. The number of benzene rings is 2. The van der Waals surface area contributed by atoms with E-state index < -0.39 is 17.7 Å². The van der Waals surface area contributed by atoms with Crippen molar-refractivity contribution in [2.45, 2.75) is 49.7 Å². The van der Waals surface area contributed by atoms with Gasteiger partial charge >= 0.3 is 5.91 Å². The number of hydrogen-bond donors (Lipinski definition) is 1. The smallest absolute Gasteiger partial charge is 0.301 e. The Bertz CT molecular complexity index is 1950. The number of ketones is 1. The normalized spacial score (nSPS) is 16.0. The van der Waals surface area contributed by atoms with E-state index in [-0.39, 0.29) is 22.2 Å². The number of methoxy groups -OCH3 is 1. The molecule has 6 rings (SSSR count). The second-order valence-electron chi connectivity index (χ2n) is 10.8.